The Morgan fingerprint density at radius 1 is 1.13 bits per heavy atom. The molecule has 0 aliphatic carbocycles. The molecule has 2 atom stereocenters. The van der Waals surface area contributed by atoms with Gasteiger partial charge in [-0.1, -0.05) is 30.3 Å². The van der Waals surface area contributed by atoms with E-state index in [1.165, 1.54) is 16.8 Å². The highest BCUT2D eigenvalue weighted by Crippen LogP contribution is 2.42. The smallest absolute Gasteiger partial charge is 0.122 e. The zero-order chi connectivity index (χ0) is 21.6. The third-order valence-corrected chi connectivity index (χ3v) is 6.26. The van der Waals surface area contributed by atoms with E-state index >= 15 is 0 Å². The lowest BCUT2D eigenvalue weighted by Gasteiger charge is -2.40. The lowest BCUT2D eigenvalue weighted by molar-refractivity contribution is -0.0772. The molecule has 1 fully saturated rings. The minimum atomic E-state index is -0.0508. The number of ether oxygens (including phenoxy) is 2. The first-order valence-corrected chi connectivity index (χ1v) is 11.1. The van der Waals surface area contributed by atoms with E-state index in [1.54, 1.807) is 7.11 Å². The maximum absolute atomic E-state index is 6.00. The number of para-hydroxylation sites is 1. The molecule has 1 heterocycles. The number of nitrogens with zero attached hydrogens (tertiary/aromatic N) is 1. The Hall–Kier alpha value is -2.04. The predicted molar refractivity (Wildman–Crippen MR) is 126 cm³/mol. The summed E-state index contributed by atoms with van der Waals surface area (Å²) < 4.78 is 11.7. The number of methoxy groups -OCH3 is 1. The van der Waals surface area contributed by atoms with Crippen LogP contribution in [0, 0.1) is 5.92 Å². The average Bonchev–Trinajstić information content (AvgIpc) is 2.73. The molecule has 2 aromatic carbocycles. The van der Waals surface area contributed by atoms with Crippen LogP contribution in [0.2, 0.25) is 0 Å². The quantitative estimate of drug-likeness (QED) is 0.574. The number of anilines is 1. The summed E-state index contributed by atoms with van der Waals surface area (Å²) in [5, 5.41) is 3.66. The summed E-state index contributed by atoms with van der Waals surface area (Å²) in [5.74, 6) is 2.07. The molecule has 1 saturated heterocycles. The summed E-state index contributed by atoms with van der Waals surface area (Å²) in [6.07, 6.45) is 3.29. The van der Waals surface area contributed by atoms with E-state index in [4.69, 9.17) is 9.47 Å². The first-order valence-electron chi connectivity index (χ1n) is 11.1. The van der Waals surface area contributed by atoms with Crippen molar-refractivity contribution >= 4 is 5.69 Å². The fourth-order valence-corrected chi connectivity index (χ4v) is 4.64. The van der Waals surface area contributed by atoms with Crippen molar-refractivity contribution < 1.29 is 9.47 Å². The molecule has 0 radical (unpaired) electrons. The van der Waals surface area contributed by atoms with Crippen LogP contribution in [0.4, 0.5) is 5.69 Å². The van der Waals surface area contributed by atoms with Crippen molar-refractivity contribution in [2.75, 3.05) is 39.3 Å². The molecular formula is C26H38N2O2. The van der Waals surface area contributed by atoms with E-state index in [0.29, 0.717) is 11.8 Å². The molecule has 0 spiro atoms. The first-order chi connectivity index (χ1) is 14.4. The highest BCUT2D eigenvalue weighted by molar-refractivity contribution is 5.46. The van der Waals surface area contributed by atoms with E-state index in [0.717, 1.165) is 44.7 Å². The maximum atomic E-state index is 6.00. The lowest BCUT2D eigenvalue weighted by atomic mass is 9.75. The Morgan fingerprint density at radius 3 is 2.53 bits per heavy atom. The molecule has 0 amide bonds. The standard InChI is InChI=1S/C26H38N2O2/c1-26(2)18-21(15-17-30-26)23(24-8-6-7-9-25(24)29-5)14-16-27-19-20-10-12-22(13-11-20)28(3)4/h6-13,21,23,27H,14-19H2,1-5H3/t21-,23+/m0/s1. The molecule has 0 aromatic heterocycles. The van der Waals surface area contributed by atoms with Crippen molar-refractivity contribution in [3.63, 3.8) is 0 Å². The molecule has 1 aliphatic heterocycles. The second-order valence-corrected chi connectivity index (χ2v) is 9.24. The Labute approximate surface area is 182 Å². The third-order valence-electron chi connectivity index (χ3n) is 6.26. The van der Waals surface area contributed by atoms with Gasteiger partial charge >= 0.3 is 0 Å². The van der Waals surface area contributed by atoms with Gasteiger partial charge in [0.25, 0.3) is 0 Å². The van der Waals surface area contributed by atoms with E-state index in [1.807, 2.05) is 0 Å². The Balaban J connectivity index is 1.65. The molecule has 0 unspecified atom stereocenters. The van der Waals surface area contributed by atoms with Gasteiger partial charge in [0.1, 0.15) is 5.75 Å². The van der Waals surface area contributed by atoms with Crippen molar-refractivity contribution in [3.05, 3.63) is 59.7 Å². The van der Waals surface area contributed by atoms with Crippen molar-refractivity contribution in [3.8, 4) is 5.75 Å². The lowest BCUT2D eigenvalue weighted by Crippen LogP contribution is -2.37. The van der Waals surface area contributed by atoms with Crippen LogP contribution in [0.3, 0.4) is 0 Å². The highest BCUT2D eigenvalue weighted by Gasteiger charge is 2.34. The SMILES string of the molecule is COc1ccccc1[C@H](CCNCc1ccc(N(C)C)cc1)[C@H]1CCOC(C)(C)C1. The van der Waals surface area contributed by atoms with Gasteiger partial charge in [-0.25, -0.2) is 0 Å². The maximum Gasteiger partial charge on any atom is 0.122 e. The molecule has 4 heteroatoms. The van der Waals surface area contributed by atoms with Gasteiger partial charge in [-0.15, -0.1) is 0 Å². The second kappa shape index (κ2) is 10.3. The van der Waals surface area contributed by atoms with E-state index in [2.05, 4.69) is 86.7 Å². The van der Waals surface area contributed by atoms with Gasteiger partial charge in [-0.3, -0.25) is 0 Å². The molecule has 3 rings (SSSR count). The zero-order valence-electron chi connectivity index (χ0n) is 19.3. The van der Waals surface area contributed by atoms with Crippen LogP contribution < -0.4 is 15.0 Å². The molecule has 4 nitrogen and oxygen atoms in total. The topological polar surface area (TPSA) is 33.7 Å². The first kappa shape index (κ1) is 22.6. The molecule has 30 heavy (non-hydrogen) atoms. The summed E-state index contributed by atoms with van der Waals surface area (Å²) in [4.78, 5) is 2.13. The molecule has 0 bridgehead atoms. The monoisotopic (exact) mass is 410 g/mol. The molecule has 1 N–H and O–H groups in total. The van der Waals surface area contributed by atoms with Gasteiger partial charge in [0.15, 0.2) is 0 Å². The van der Waals surface area contributed by atoms with Crippen LogP contribution >= 0.6 is 0 Å². The summed E-state index contributed by atoms with van der Waals surface area (Å²) in [7, 11) is 5.92. The van der Waals surface area contributed by atoms with Crippen LogP contribution in [-0.2, 0) is 11.3 Å². The van der Waals surface area contributed by atoms with Crippen LogP contribution in [0.15, 0.2) is 48.5 Å². The highest BCUT2D eigenvalue weighted by atomic mass is 16.5. The number of nitrogens with one attached hydrogen (secondary N) is 1. The van der Waals surface area contributed by atoms with Crippen molar-refractivity contribution in [1.29, 1.82) is 0 Å². The van der Waals surface area contributed by atoms with Crippen LogP contribution in [0.25, 0.3) is 0 Å². The fourth-order valence-electron chi connectivity index (χ4n) is 4.64. The number of rotatable bonds is 9. The Kier molecular flexibility index (Phi) is 7.79. The van der Waals surface area contributed by atoms with Gasteiger partial charge in [0.05, 0.1) is 12.7 Å². The van der Waals surface area contributed by atoms with Gasteiger partial charge in [0, 0.05) is 32.9 Å². The van der Waals surface area contributed by atoms with Gasteiger partial charge in [0.2, 0.25) is 0 Å². The summed E-state index contributed by atoms with van der Waals surface area (Å²) in [6, 6.07) is 17.3. The number of benzene rings is 2. The van der Waals surface area contributed by atoms with Crippen molar-refractivity contribution in [2.45, 2.75) is 51.2 Å². The van der Waals surface area contributed by atoms with Crippen LogP contribution in [-0.4, -0.2) is 40.0 Å². The van der Waals surface area contributed by atoms with E-state index < -0.39 is 0 Å². The van der Waals surface area contributed by atoms with Gasteiger partial charge in [-0.2, -0.15) is 0 Å². The number of hydrogen-bond acceptors (Lipinski definition) is 4. The van der Waals surface area contributed by atoms with Gasteiger partial charge < -0.3 is 19.7 Å². The molecule has 164 valence electrons. The fraction of sp³-hybridized carbons (Fsp3) is 0.538. The zero-order valence-corrected chi connectivity index (χ0v) is 19.3. The summed E-state index contributed by atoms with van der Waals surface area (Å²) in [5.41, 5.74) is 3.84. The minimum absolute atomic E-state index is 0.0508. The summed E-state index contributed by atoms with van der Waals surface area (Å²) >= 11 is 0. The minimum Gasteiger partial charge on any atom is -0.496 e. The van der Waals surface area contributed by atoms with Crippen molar-refractivity contribution in [2.24, 2.45) is 5.92 Å². The predicted octanol–water partition coefficient (Wildman–Crippen LogP) is 5.23. The Bertz CT molecular complexity index is 786. The second-order valence-electron chi connectivity index (χ2n) is 9.24. The molecule has 1 aliphatic rings. The Morgan fingerprint density at radius 2 is 1.87 bits per heavy atom. The summed E-state index contributed by atoms with van der Waals surface area (Å²) in [6.45, 7) is 7.15. The molecule has 0 saturated carbocycles. The average molecular weight is 411 g/mol. The molecular weight excluding hydrogens is 372 g/mol. The number of hydrogen-bond donors (Lipinski definition) is 1. The molecule has 2 aromatic rings. The van der Waals surface area contributed by atoms with Crippen LogP contribution in [0.1, 0.15) is 50.2 Å². The van der Waals surface area contributed by atoms with E-state index in [-0.39, 0.29) is 5.60 Å². The third kappa shape index (κ3) is 5.99. The van der Waals surface area contributed by atoms with Crippen LogP contribution in [0.5, 0.6) is 5.75 Å². The van der Waals surface area contributed by atoms with E-state index in [9.17, 15) is 0 Å². The largest absolute Gasteiger partial charge is 0.496 e. The normalized spacial score (nSPS) is 19.3. The van der Waals surface area contributed by atoms with Gasteiger partial charge in [-0.05, 0) is 80.8 Å². The van der Waals surface area contributed by atoms with Crippen molar-refractivity contribution in [1.82, 2.24) is 5.32 Å².